The Hall–Kier alpha value is -1.36. The SMILES string of the molecule is Cn1cc(CCC2(C(=O)O)CCCOC2)cn1. The van der Waals surface area contributed by atoms with Gasteiger partial charge in [0.25, 0.3) is 0 Å². The molecule has 1 saturated heterocycles. The van der Waals surface area contributed by atoms with E-state index in [0.717, 1.165) is 18.4 Å². The summed E-state index contributed by atoms with van der Waals surface area (Å²) < 4.78 is 7.07. The quantitative estimate of drug-likeness (QED) is 0.857. The van der Waals surface area contributed by atoms with Gasteiger partial charge in [-0.3, -0.25) is 9.48 Å². The van der Waals surface area contributed by atoms with Gasteiger partial charge in [-0.25, -0.2) is 0 Å². The van der Waals surface area contributed by atoms with Crippen LogP contribution in [0, 0.1) is 5.41 Å². The molecule has 1 aromatic rings. The van der Waals surface area contributed by atoms with Crippen LogP contribution in [0.2, 0.25) is 0 Å². The Labute approximate surface area is 100 Å². The number of aryl methyl sites for hydroxylation is 2. The lowest BCUT2D eigenvalue weighted by atomic mass is 9.78. The van der Waals surface area contributed by atoms with E-state index in [1.165, 1.54) is 0 Å². The molecule has 0 aliphatic carbocycles. The van der Waals surface area contributed by atoms with Crippen LogP contribution in [-0.2, 0) is 23.0 Å². The number of hydrogen-bond donors (Lipinski definition) is 1. The molecular weight excluding hydrogens is 220 g/mol. The maximum absolute atomic E-state index is 11.4. The van der Waals surface area contributed by atoms with E-state index < -0.39 is 11.4 Å². The van der Waals surface area contributed by atoms with E-state index in [4.69, 9.17) is 4.74 Å². The Bertz CT molecular complexity index is 394. The predicted molar refractivity (Wildman–Crippen MR) is 61.7 cm³/mol. The molecule has 2 rings (SSSR count). The van der Waals surface area contributed by atoms with Crippen LogP contribution in [0.1, 0.15) is 24.8 Å². The fraction of sp³-hybridized carbons (Fsp3) is 0.667. The fourth-order valence-corrected chi connectivity index (χ4v) is 2.31. The smallest absolute Gasteiger partial charge is 0.311 e. The molecule has 5 nitrogen and oxygen atoms in total. The van der Waals surface area contributed by atoms with E-state index in [0.29, 0.717) is 26.1 Å². The third-order valence-corrected chi connectivity index (χ3v) is 3.43. The molecule has 1 unspecified atom stereocenters. The molecule has 5 heteroatoms. The molecule has 0 amide bonds. The van der Waals surface area contributed by atoms with Crippen LogP contribution in [0.3, 0.4) is 0 Å². The highest BCUT2D eigenvalue weighted by atomic mass is 16.5. The van der Waals surface area contributed by atoms with Crippen LogP contribution in [-0.4, -0.2) is 34.1 Å². The number of ether oxygens (including phenoxy) is 1. The summed E-state index contributed by atoms with van der Waals surface area (Å²) in [6, 6.07) is 0. The molecule has 17 heavy (non-hydrogen) atoms. The molecule has 1 aliphatic heterocycles. The predicted octanol–water partition coefficient (Wildman–Crippen LogP) is 1.23. The Morgan fingerprint density at radius 2 is 2.53 bits per heavy atom. The van der Waals surface area contributed by atoms with Gasteiger partial charge in [-0.1, -0.05) is 0 Å². The molecule has 1 fully saturated rings. The van der Waals surface area contributed by atoms with Crippen molar-refractivity contribution in [3.63, 3.8) is 0 Å². The number of carboxylic acid groups (broad SMARTS) is 1. The molecule has 0 saturated carbocycles. The van der Waals surface area contributed by atoms with Gasteiger partial charge < -0.3 is 9.84 Å². The molecule has 1 aliphatic rings. The normalized spacial score (nSPS) is 24.8. The number of carbonyl (C=O) groups is 1. The van der Waals surface area contributed by atoms with Gasteiger partial charge in [-0.05, 0) is 31.2 Å². The van der Waals surface area contributed by atoms with Crippen LogP contribution < -0.4 is 0 Å². The van der Waals surface area contributed by atoms with Crippen LogP contribution in [0.15, 0.2) is 12.4 Å². The summed E-state index contributed by atoms with van der Waals surface area (Å²) in [4.78, 5) is 11.4. The monoisotopic (exact) mass is 238 g/mol. The molecule has 1 atom stereocenters. The molecule has 0 spiro atoms. The lowest BCUT2D eigenvalue weighted by Crippen LogP contribution is -2.39. The van der Waals surface area contributed by atoms with E-state index in [1.54, 1.807) is 10.9 Å². The second-order valence-electron chi connectivity index (χ2n) is 4.76. The average molecular weight is 238 g/mol. The molecule has 94 valence electrons. The summed E-state index contributed by atoms with van der Waals surface area (Å²) in [6.45, 7) is 1.02. The molecule has 2 heterocycles. The zero-order valence-corrected chi connectivity index (χ0v) is 10.1. The lowest BCUT2D eigenvalue weighted by Gasteiger charge is -2.32. The number of aliphatic carboxylic acids is 1. The van der Waals surface area contributed by atoms with Crippen LogP contribution >= 0.6 is 0 Å². The first-order valence-corrected chi connectivity index (χ1v) is 5.91. The topological polar surface area (TPSA) is 64.4 Å². The highest BCUT2D eigenvalue weighted by Crippen LogP contribution is 2.33. The second kappa shape index (κ2) is 4.87. The minimum atomic E-state index is -0.735. The summed E-state index contributed by atoms with van der Waals surface area (Å²) in [5, 5.41) is 13.5. The largest absolute Gasteiger partial charge is 0.481 e. The standard InChI is InChI=1S/C12H18N2O3/c1-14-8-10(7-13-14)3-5-12(11(15)16)4-2-6-17-9-12/h7-8H,2-6,9H2,1H3,(H,15,16). The third-order valence-electron chi connectivity index (χ3n) is 3.43. The minimum Gasteiger partial charge on any atom is -0.481 e. The van der Waals surface area contributed by atoms with Crippen molar-refractivity contribution >= 4 is 5.97 Å². The van der Waals surface area contributed by atoms with Gasteiger partial charge in [0.05, 0.1) is 18.2 Å². The zero-order chi connectivity index (χ0) is 12.3. The van der Waals surface area contributed by atoms with Crippen molar-refractivity contribution in [2.24, 2.45) is 12.5 Å². The Kier molecular flexibility index (Phi) is 3.47. The van der Waals surface area contributed by atoms with Crippen LogP contribution in [0.5, 0.6) is 0 Å². The summed E-state index contributed by atoms with van der Waals surface area (Å²) in [6.07, 6.45) is 6.62. The molecule has 0 radical (unpaired) electrons. The van der Waals surface area contributed by atoms with Gasteiger partial charge in [0.2, 0.25) is 0 Å². The first-order chi connectivity index (χ1) is 8.12. The molecule has 0 bridgehead atoms. The van der Waals surface area contributed by atoms with Crippen molar-refractivity contribution in [1.29, 1.82) is 0 Å². The molecule has 1 N–H and O–H groups in total. The van der Waals surface area contributed by atoms with Crippen LogP contribution in [0.25, 0.3) is 0 Å². The van der Waals surface area contributed by atoms with E-state index in [1.807, 2.05) is 13.2 Å². The van der Waals surface area contributed by atoms with E-state index in [2.05, 4.69) is 5.10 Å². The number of hydrogen-bond acceptors (Lipinski definition) is 3. The minimum absolute atomic E-state index is 0.336. The van der Waals surface area contributed by atoms with Crippen molar-refractivity contribution in [3.05, 3.63) is 18.0 Å². The second-order valence-corrected chi connectivity index (χ2v) is 4.76. The van der Waals surface area contributed by atoms with E-state index in [9.17, 15) is 9.90 Å². The molecule has 1 aromatic heterocycles. The molecular formula is C12H18N2O3. The Morgan fingerprint density at radius 1 is 1.71 bits per heavy atom. The Balaban J connectivity index is 2.00. The lowest BCUT2D eigenvalue weighted by molar-refractivity contribution is -0.158. The Morgan fingerprint density at radius 3 is 3.06 bits per heavy atom. The van der Waals surface area contributed by atoms with E-state index in [-0.39, 0.29) is 0 Å². The van der Waals surface area contributed by atoms with Gasteiger partial charge >= 0.3 is 5.97 Å². The van der Waals surface area contributed by atoms with Crippen molar-refractivity contribution in [3.8, 4) is 0 Å². The van der Waals surface area contributed by atoms with Crippen molar-refractivity contribution in [2.75, 3.05) is 13.2 Å². The van der Waals surface area contributed by atoms with Gasteiger partial charge in [0.1, 0.15) is 0 Å². The summed E-state index contributed by atoms with van der Waals surface area (Å²) in [7, 11) is 1.86. The van der Waals surface area contributed by atoms with Crippen molar-refractivity contribution in [1.82, 2.24) is 9.78 Å². The average Bonchev–Trinajstić information content (AvgIpc) is 2.74. The zero-order valence-electron chi connectivity index (χ0n) is 10.1. The first kappa shape index (κ1) is 12.1. The van der Waals surface area contributed by atoms with E-state index >= 15 is 0 Å². The fourth-order valence-electron chi connectivity index (χ4n) is 2.31. The van der Waals surface area contributed by atoms with Crippen molar-refractivity contribution in [2.45, 2.75) is 25.7 Å². The molecule has 0 aromatic carbocycles. The van der Waals surface area contributed by atoms with Crippen LogP contribution in [0.4, 0.5) is 0 Å². The van der Waals surface area contributed by atoms with Gasteiger partial charge in [0.15, 0.2) is 0 Å². The highest BCUT2D eigenvalue weighted by molar-refractivity contribution is 5.75. The first-order valence-electron chi connectivity index (χ1n) is 5.91. The summed E-state index contributed by atoms with van der Waals surface area (Å²) in [5.41, 5.74) is 0.382. The number of rotatable bonds is 4. The van der Waals surface area contributed by atoms with Gasteiger partial charge in [-0.15, -0.1) is 0 Å². The number of aromatic nitrogens is 2. The maximum atomic E-state index is 11.4. The van der Waals surface area contributed by atoms with Crippen molar-refractivity contribution < 1.29 is 14.6 Å². The number of nitrogens with zero attached hydrogens (tertiary/aromatic N) is 2. The van der Waals surface area contributed by atoms with Gasteiger partial charge in [-0.2, -0.15) is 5.10 Å². The summed E-state index contributed by atoms with van der Waals surface area (Å²) >= 11 is 0. The highest BCUT2D eigenvalue weighted by Gasteiger charge is 2.40. The maximum Gasteiger partial charge on any atom is 0.311 e. The third kappa shape index (κ3) is 2.66. The summed E-state index contributed by atoms with van der Waals surface area (Å²) in [5.74, 6) is -0.735. The van der Waals surface area contributed by atoms with Gasteiger partial charge in [0, 0.05) is 19.9 Å². The number of carboxylic acids is 1.